The number of fused-ring (bicyclic) bond motifs is 2. The summed E-state index contributed by atoms with van der Waals surface area (Å²) in [5.41, 5.74) is 4.46. The van der Waals surface area contributed by atoms with Crippen LogP contribution in [0.1, 0.15) is 11.3 Å². The molecule has 29 heavy (non-hydrogen) atoms. The maximum atomic E-state index is 12.9. The van der Waals surface area contributed by atoms with Crippen molar-refractivity contribution in [2.45, 2.75) is 13.0 Å². The third-order valence-electron chi connectivity index (χ3n) is 5.93. The van der Waals surface area contributed by atoms with E-state index < -0.39 is 0 Å². The monoisotopic (exact) mass is 387 g/mol. The first kappa shape index (κ1) is 17.9. The molecule has 3 aromatic heterocycles. The highest BCUT2D eigenvalue weighted by molar-refractivity contribution is 5.89. The Hall–Kier alpha value is -3.12. The van der Waals surface area contributed by atoms with Gasteiger partial charge in [-0.1, -0.05) is 24.3 Å². The fraction of sp³-hybridized carbons (Fsp3) is 0.304. The SMILES string of the molecule is Cn1cc(CC(=O)N2CCN(Cc3cnc4ccccn34)CC2)c2ccccc21. The number of benzene rings is 1. The Bertz CT molecular complexity index is 1170. The third-order valence-corrected chi connectivity index (χ3v) is 5.93. The van der Waals surface area contributed by atoms with Crippen LogP contribution in [0, 0.1) is 0 Å². The second-order valence-corrected chi connectivity index (χ2v) is 7.79. The number of imidazole rings is 1. The van der Waals surface area contributed by atoms with E-state index in [0.29, 0.717) is 6.42 Å². The van der Waals surface area contributed by atoms with Gasteiger partial charge in [0.05, 0.1) is 18.3 Å². The highest BCUT2D eigenvalue weighted by Crippen LogP contribution is 2.21. The molecule has 6 nitrogen and oxygen atoms in total. The minimum atomic E-state index is 0.218. The summed E-state index contributed by atoms with van der Waals surface area (Å²) in [5, 5.41) is 1.18. The van der Waals surface area contributed by atoms with Crippen molar-refractivity contribution >= 4 is 22.5 Å². The van der Waals surface area contributed by atoms with Gasteiger partial charge in [0, 0.05) is 63.1 Å². The van der Waals surface area contributed by atoms with Crippen LogP contribution < -0.4 is 0 Å². The van der Waals surface area contributed by atoms with E-state index in [0.717, 1.165) is 43.9 Å². The zero-order valence-corrected chi connectivity index (χ0v) is 16.7. The molecule has 0 atom stereocenters. The molecule has 1 fully saturated rings. The first-order valence-electron chi connectivity index (χ1n) is 10.1. The fourth-order valence-corrected chi connectivity index (χ4v) is 4.33. The van der Waals surface area contributed by atoms with Crippen LogP contribution in [0.15, 0.2) is 61.1 Å². The Morgan fingerprint density at radius 1 is 1.03 bits per heavy atom. The average Bonchev–Trinajstić information content (AvgIpc) is 3.30. The lowest BCUT2D eigenvalue weighted by atomic mass is 10.1. The summed E-state index contributed by atoms with van der Waals surface area (Å²) in [6, 6.07) is 14.3. The lowest BCUT2D eigenvalue weighted by Crippen LogP contribution is -2.48. The van der Waals surface area contributed by atoms with E-state index >= 15 is 0 Å². The van der Waals surface area contributed by atoms with E-state index in [2.05, 4.69) is 43.4 Å². The number of aryl methyl sites for hydroxylation is 1. The molecular formula is C23H25N5O. The van der Waals surface area contributed by atoms with Gasteiger partial charge in [0.25, 0.3) is 0 Å². The predicted octanol–water partition coefficient (Wildman–Crippen LogP) is 2.71. The van der Waals surface area contributed by atoms with Crippen LogP contribution in [-0.2, 0) is 24.8 Å². The molecule has 0 radical (unpaired) electrons. The second kappa shape index (κ2) is 7.37. The molecule has 5 rings (SSSR count). The Labute approximate surface area is 170 Å². The van der Waals surface area contributed by atoms with Crippen molar-refractivity contribution in [3.8, 4) is 0 Å². The number of carbonyl (C=O) groups excluding carboxylic acids is 1. The Morgan fingerprint density at radius 3 is 2.69 bits per heavy atom. The van der Waals surface area contributed by atoms with Gasteiger partial charge in [0.2, 0.25) is 5.91 Å². The Balaban J connectivity index is 1.22. The van der Waals surface area contributed by atoms with Crippen LogP contribution in [0.4, 0.5) is 0 Å². The Kier molecular flexibility index (Phi) is 4.56. The maximum absolute atomic E-state index is 12.9. The van der Waals surface area contributed by atoms with Gasteiger partial charge in [-0.3, -0.25) is 9.69 Å². The van der Waals surface area contributed by atoms with E-state index in [-0.39, 0.29) is 5.91 Å². The molecule has 0 N–H and O–H groups in total. The summed E-state index contributed by atoms with van der Waals surface area (Å²) in [6.07, 6.45) is 6.56. The molecule has 0 aliphatic carbocycles. The summed E-state index contributed by atoms with van der Waals surface area (Å²) >= 11 is 0. The van der Waals surface area contributed by atoms with Crippen LogP contribution in [-0.4, -0.2) is 55.8 Å². The number of hydrogen-bond acceptors (Lipinski definition) is 3. The van der Waals surface area contributed by atoms with Gasteiger partial charge in [0.15, 0.2) is 0 Å². The highest BCUT2D eigenvalue weighted by atomic mass is 16.2. The number of nitrogens with zero attached hydrogens (tertiary/aromatic N) is 5. The van der Waals surface area contributed by atoms with Crippen LogP contribution >= 0.6 is 0 Å². The third kappa shape index (κ3) is 3.40. The number of carbonyl (C=O) groups is 1. The zero-order chi connectivity index (χ0) is 19.8. The number of amides is 1. The van der Waals surface area contributed by atoms with Crippen molar-refractivity contribution in [2.75, 3.05) is 26.2 Å². The molecule has 0 unspecified atom stereocenters. The molecular weight excluding hydrogens is 362 g/mol. The van der Waals surface area contributed by atoms with Crippen molar-refractivity contribution < 1.29 is 4.79 Å². The molecule has 0 bridgehead atoms. The molecule has 0 saturated carbocycles. The number of rotatable bonds is 4. The molecule has 0 spiro atoms. The lowest BCUT2D eigenvalue weighted by molar-refractivity contribution is -0.132. The second-order valence-electron chi connectivity index (χ2n) is 7.79. The molecule has 1 aromatic carbocycles. The number of aromatic nitrogens is 3. The zero-order valence-electron chi connectivity index (χ0n) is 16.7. The van der Waals surface area contributed by atoms with Crippen molar-refractivity contribution in [2.24, 2.45) is 7.05 Å². The summed E-state index contributed by atoms with van der Waals surface area (Å²) in [5.74, 6) is 0.218. The lowest BCUT2D eigenvalue weighted by Gasteiger charge is -2.34. The molecule has 148 valence electrons. The van der Waals surface area contributed by atoms with Gasteiger partial charge in [-0.2, -0.15) is 0 Å². The number of pyridine rings is 1. The van der Waals surface area contributed by atoms with Crippen molar-refractivity contribution in [1.29, 1.82) is 0 Å². The first-order chi connectivity index (χ1) is 14.2. The van der Waals surface area contributed by atoms with Gasteiger partial charge in [-0.05, 0) is 23.8 Å². The van der Waals surface area contributed by atoms with Gasteiger partial charge in [-0.25, -0.2) is 4.98 Å². The molecule has 1 aliphatic rings. The van der Waals surface area contributed by atoms with E-state index in [4.69, 9.17) is 0 Å². The van der Waals surface area contributed by atoms with E-state index in [1.165, 1.54) is 16.6 Å². The smallest absolute Gasteiger partial charge is 0.227 e. The van der Waals surface area contributed by atoms with Crippen molar-refractivity contribution in [1.82, 2.24) is 23.8 Å². The number of hydrogen-bond donors (Lipinski definition) is 0. The van der Waals surface area contributed by atoms with Crippen molar-refractivity contribution in [3.63, 3.8) is 0 Å². The van der Waals surface area contributed by atoms with E-state index in [9.17, 15) is 4.79 Å². The summed E-state index contributed by atoms with van der Waals surface area (Å²) in [6.45, 7) is 4.19. The fourth-order valence-electron chi connectivity index (χ4n) is 4.33. The quantitative estimate of drug-likeness (QED) is 0.541. The molecule has 1 amide bonds. The van der Waals surface area contributed by atoms with Gasteiger partial charge in [0.1, 0.15) is 5.65 Å². The first-order valence-corrected chi connectivity index (χ1v) is 10.1. The normalized spacial score (nSPS) is 15.4. The largest absolute Gasteiger partial charge is 0.350 e. The molecule has 1 aliphatic heterocycles. The molecule has 1 saturated heterocycles. The number of para-hydroxylation sites is 1. The topological polar surface area (TPSA) is 45.8 Å². The highest BCUT2D eigenvalue weighted by Gasteiger charge is 2.23. The summed E-state index contributed by atoms with van der Waals surface area (Å²) < 4.78 is 4.24. The average molecular weight is 387 g/mol. The van der Waals surface area contributed by atoms with Gasteiger partial charge >= 0.3 is 0 Å². The minimum absolute atomic E-state index is 0.218. The van der Waals surface area contributed by atoms with E-state index in [1.54, 1.807) is 0 Å². The maximum Gasteiger partial charge on any atom is 0.227 e. The summed E-state index contributed by atoms with van der Waals surface area (Å²) in [4.78, 5) is 21.8. The predicted molar refractivity (Wildman–Crippen MR) is 114 cm³/mol. The number of piperazine rings is 1. The van der Waals surface area contributed by atoms with Crippen LogP contribution in [0.25, 0.3) is 16.6 Å². The molecule has 6 heteroatoms. The molecule has 4 heterocycles. The Morgan fingerprint density at radius 2 is 1.83 bits per heavy atom. The standard InChI is InChI=1S/C23H25N5O/c1-25-16-18(20-6-2-3-7-21(20)25)14-23(29)27-12-10-26(11-13-27)17-19-15-24-22-8-4-5-9-28(19)22/h2-9,15-16H,10-14,17H2,1H3. The van der Waals surface area contributed by atoms with Gasteiger partial charge < -0.3 is 13.9 Å². The van der Waals surface area contributed by atoms with Crippen LogP contribution in [0.3, 0.4) is 0 Å². The minimum Gasteiger partial charge on any atom is -0.350 e. The molecule has 4 aromatic rings. The van der Waals surface area contributed by atoms with E-state index in [1.807, 2.05) is 48.5 Å². The van der Waals surface area contributed by atoms with Crippen molar-refractivity contribution in [3.05, 3.63) is 72.3 Å². The van der Waals surface area contributed by atoms with Gasteiger partial charge in [-0.15, -0.1) is 0 Å². The van der Waals surface area contributed by atoms with Crippen LogP contribution in [0.5, 0.6) is 0 Å². The summed E-state index contributed by atoms with van der Waals surface area (Å²) in [7, 11) is 2.04. The van der Waals surface area contributed by atoms with Crippen LogP contribution in [0.2, 0.25) is 0 Å².